The minimum atomic E-state index is -5.08. The van der Waals surface area contributed by atoms with Crippen molar-refractivity contribution in [3.8, 4) is 11.5 Å². The van der Waals surface area contributed by atoms with Crippen molar-refractivity contribution < 1.29 is 49.8 Å². The second-order valence-corrected chi connectivity index (χ2v) is 9.14. The lowest BCUT2D eigenvalue weighted by molar-refractivity contribution is -0.192. The van der Waals surface area contributed by atoms with Crippen LogP contribution in [0.4, 0.5) is 36.4 Å². The van der Waals surface area contributed by atoms with Gasteiger partial charge in [0.05, 0.1) is 17.8 Å². The molecule has 0 saturated carbocycles. The van der Waals surface area contributed by atoms with Crippen molar-refractivity contribution in [2.24, 2.45) is 0 Å². The number of hydrogen-bond donors (Lipinski definition) is 2. The second kappa shape index (κ2) is 11.8. The van der Waals surface area contributed by atoms with Crippen molar-refractivity contribution >= 4 is 17.6 Å². The molecule has 1 aromatic carbocycles. The zero-order valence-corrected chi connectivity index (χ0v) is 20.8. The third-order valence-corrected chi connectivity index (χ3v) is 6.19. The van der Waals surface area contributed by atoms with Gasteiger partial charge in [-0.2, -0.15) is 22.0 Å². The number of nitrogens with zero attached hydrogens (tertiary/aromatic N) is 5. The molecule has 2 aliphatic heterocycles. The standard InChI is InChI=1S/C22H20F4N6O2.C2HF3O2/c23-14-2-1-3-16(6-14)32(21(33)22(26)11-31(12-22)17-8-27-9-17)10-15-5-4-13(7-28-15)19-29-30-20(34-19)18(24)25;3-2(4,5)1(6)7/h1-7,17-18,27H,8-12H2;(H,6,7). The fourth-order valence-corrected chi connectivity index (χ4v) is 3.93. The zero-order valence-electron chi connectivity index (χ0n) is 20.8. The number of likely N-dealkylation sites (tertiary alicyclic amines) is 1. The summed E-state index contributed by atoms with van der Waals surface area (Å²) in [6, 6.07) is 8.61. The van der Waals surface area contributed by atoms with E-state index in [1.165, 1.54) is 41.4 Å². The van der Waals surface area contributed by atoms with E-state index in [4.69, 9.17) is 14.3 Å². The first kappa shape index (κ1) is 29.9. The Labute approximate surface area is 226 Å². The van der Waals surface area contributed by atoms with Crippen molar-refractivity contribution in [3.05, 3.63) is 60.0 Å². The number of carbonyl (C=O) groups is 2. The minimum Gasteiger partial charge on any atom is -0.475 e. The summed E-state index contributed by atoms with van der Waals surface area (Å²) < 4.78 is 91.4. The number of hydrogen-bond acceptors (Lipinski definition) is 8. The summed E-state index contributed by atoms with van der Waals surface area (Å²) in [7, 11) is 0. The molecule has 17 heteroatoms. The molecule has 2 fully saturated rings. The third kappa shape index (κ3) is 6.97. The summed E-state index contributed by atoms with van der Waals surface area (Å²) in [5.74, 6) is -5.02. The van der Waals surface area contributed by atoms with Gasteiger partial charge in [0.25, 0.3) is 11.8 Å². The molecule has 10 nitrogen and oxygen atoms in total. The summed E-state index contributed by atoms with van der Waals surface area (Å²) in [6.07, 6.45) is -6.65. The van der Waals surface area contributed by atoms with Crippen LogP contribution in [-0.4, -0.2) is 81.1 Å². The third-order valence-electron chi connectivity index (χ3n) is 6.19. The molecule has 2 N–H and O–H groups in total. The van der Waals surface area contributed by atoms with Gasteiger partial charge in [-0.25, -0.2) is 13.6 Å². The van der Waals surface area contributed by atoms with Crippen LogP contribution in [0.1, 0.15) is 18.0 Å². The van der Waals surface area contributed by atoms with E-state index in [9.17, 15) is 31.1 Å². The number of nitrogens with one attached hydrogen (secondary N) is 1. The lowest BCUT2D eigenvalue weighted by Crippen LogP contribution is -2.73. The van der Waals surface area contributed by atoms with E-state index in [2.05, 4.69) is 20.5 Å². The average Bonchev–Trinajstić information content (AvgIpc) is 3.36. The van der Waals surface area contributed by atoms with Crippen molar-refractivity contribution in [2.45, 2.75) is 30.9 Å². The van der Waals surface area contributed by atoms with E-state index in [1.54, 1.807) is 0 Å². The highest BCUT2D eigenvalue weighted by Gasteiger charge is 2.54. The number of anilines is 1. The van der Waals surface area contributed by atoms with Crippen LogP contribution in [0.25, 0.3) is 11.5 Å². The van der Waals surface area contributed by atoms with Crippen LogP contribution < -0.4 is 10.2 Å². The van der Waals surface area contributed by atoms with Crippen molar-refractivity contribution in [1.82, 2.24) is 25.4 Å². The van der Waals surface area contributed by atoms with Gasteiger partial charge in [0.15, 0.2) is 0 Å². The quantitative estimate of drug-likeness (QED) is 0.399. The maximum atomic E-state index is 15.5. The highest BCUT2D eigenvalue weighted by atomic mass is 19.4. The van der Waals surface area contributed by atoms with Crippen molar-refractivity contribution in [3.63, 3.8) is 0 Å². The monoisotopic (exact) mass is 590 g/mol. The van der Waals surface area contributed by atoms with Gasteiger partial charge in [-0.3, -0.25) is 14.7 Å². The van der Waals surface area contributed by atoms with Crippen molar-refractivity contribution in [2.75, 3.05) is 31.1 Å². The normalized spacial score (nSPS) is 16.8. The van der Waals surface area contributed by atoms with E-state index in [1.807, 2.05) is 4.90 Å². The summed E-state index contributed by atoms with van der Waals surface area (Å²) in [5, 5.41) is 17.1. The molecule has 3 aromatic rings. The molecular formula is C24H21F7N6O4. The Morgan fingerprint density at radius 3 is 2.34 bits per heavy atom. The molecule has 5 rings (SSSR count). The number of aliphatic carboxylic acids is 1. The topological polar surface area (TPSA) is 125 Å². The molecule has 0 atom stereocenters. The van der Waals surface area contributed by atoms with Gasteiger partial charge >= 0.3 is 18.6 Å². The molecule has 0 radical (unpaired) electrons. The number of carboxylic acid groups (broad SMARTS) is 1. The number of rotatable bonds is 7. The Balaban J connectivity index is 0.000000493. The maximum absolute atomic E-state index is 15.5. The SMILES string of the molecule is O=C(N(Cc1ccc(-c2nnc(C(F)F)o2)cn1)c1cccc(F)c1)C1(F)CN(C2CNC2)C1.O=C(O)C(F)(F)F. The lowest BCUT2D eigenvalue weighted by atomic mass is 9.90. The van der Waals surface area contributed by atoms with Gasteiger partial charge in [0.1, 0.15) is 5.82 Å². The van der Waals surface area contributed by atoms with Gasteiger partial charge in [-0.1, -0.05) is 6.07 Å². The number of halogens is 7. The summed E-state index contributed by atoms with van der Waals surface area (Å²) in [6.45, 7) is 1.34. The Morgan fingerprint density at radius 2 is 1.85 bits per heavy atom. The summed E-state index contributed by atoms with van der Waals surface area (Å²) in [4.78, 5) is 29.4. The van der Waals surface area contributed by atoms with E-state index >= 15 is 4.39 Å². The molecule has 41 heavy (non-hydrogen) atoms. The number of benzene rings is 1. The van der Waals surface area contributed by atoms with Gasteiger partial charge in [0, 0.05) is 44.1 Å². The number of aromatic nitrogens is 3. The smallest absolute Gasteiger partial charge is 0.475 e. The van der Waals surface area contributed by atoms with E-state index in [-0.39, 0.29) is 37.3 Å². The molecule has 0 bridgehead atoms. The first-order chi connectivity index (χ1) is 19.3. The van der Waals surface area contributed by atoms with Crippen LogP contribution in [0.15, 0.2) is 47.0 Å². The Morgan fingerprint density at radius 1 is 1.17 bits per heavy atom. The number of carboxylic acids is 1. The number of pyridine rings is 1. The number of carbonyl (C=O) groups excluding carboxylic acids is 1. The van der Waals surface area contributed by atoms with Crippen LogP contribution in [0.3, 0.4) is 0 Å². The first-order valence-corrected chi connectivity index (χ1v) is 11.8. The molecule has 0 spiro atoms. The molecule has 1 amide bonds. The largest absolute Gasteiger partial charge is 0.490 e. The van der Waals surface area contributed by atoms with Gasteiger partial charge in [-0.15, -0.1) is 10.2 Å². The molecule has 2 aliphatic rings. The molecule has 220 valence electrons. The van der Waals surface area contributed by atoms with Crippen LogP contribution in [0.2, 0.25) is 0 Å². The van der Waals surface area contributed by atoms with Gasteiger partial charge in [0.2, 0.25) is 11.6 Å². The van der Waals surface area contributed by atoms with Crippen LogP contribution in [-0.2, 0) is 16.1 Å². The molecule has 2 aromatic heterocycles. The number of amides is 1. The Bertz CT molecular complexity index is 1380. The van der Waals surface area contributed by atoms with Crippen LogP contribution >= 0.6 is 0 Å². The first-order valence-electron chi connectivity index (χ1n) is 11.8. The van der Waals surface area contributed by atoms with E-state index < -0.39 is 41.9 Å². The molecular weight excluding hydrogens is 569 g/mol. The fourth-order valence-electron chi connectivity index (χ4n) is 3.93. The van der Waals surface area contributed by atoms with Gasteiger partial charge in [-0.05, 0) is 30.3 Å². The molecule has 4 heterocycles. The Hall–Kier alpha value is -4.12. The molecule has 0 aliphatic carbocycles. The van der Waals surface area contributed by atoms with E-state index in [0.717, 1.165) is 19.2 Å². The predicted molar refractivity (Wildman–Crippen MR) is 126 cm³/mol. The molecule has 2 saturated heterocycles. The second-order valence-electron chi connectivity index (χ2n) is 9.14. The minimum absolute atomic E-state index is 0.0278. The number of alkyl halides is 6. The van der Waals surface area contributed by atoms with Crippen LogP contribution in [0.5, 0.6) is 0 Å². The summed E-state index contributed by atoms with van der Waals surface area (Å²) in [5.41, 5.74) is -1.21. The maximum Gasteiger partial charge on any atom is 0.490 e. The molecule has 0 unspecified atom stereocenters. The van der Waals surface area contributed by atoms with E-state index in [0.29, 0.717) is 11.3 Å². The predicted octanol–water partition coefficient (Wildman–Crippen LogP) is 3.37. The highest BCUT2D eigenvalue weighted by molar-refractivity contribution is 6.00. The highest BCUT2D eigenvalue weighted by Crippen LogP contribution is 2.33. The lowest BCUT2D eigenvalue weighted by Gasteiger charge is -2.51. The van der Waals surface area contributed by atoms with Crippen LogP contribution in [0, 0.1) is 5.82 Å². The fraction of sp³-hybridized carbons (Fsp3) is 0.375. The van der Waals surface area contributed by atoms with Gasteiger partial charge < -0.3 is 19.7 Å². The summed E-state index contributed by atoms with van der Waals surface area (Å²) >= 11 is 0. The Kier molecular flexibility index (Phi) is 8.58. The zero-order chi connectivity index (χ0) is 29.9. The average molecular weight is 590 g/mol. The van der Waals surface area contributed by atoms with Crippen molar-refractivity contribution in [1.29, 1.82) is 0 Å².